The van der Waals surface area contributed by atoms with Crippen LogP contribution < -0.4 is 11.0 Å². The molecule has 4 rings (SSSR count). The third-order valence-electron chi connectivity index (χ3n) is 4.88. The molecule has 0 aliphatic heterocycles. The molecule has 3 aromatic carbocycles. The minimum Gasteiger partial charge on any atom is -0.324 e. The number of carbonyl (C=O) groups is 1. The molecular formula is C23H14ClF4N3O2. The van der Waals surface area contributed by atoms with Gasteiger partial charge in [-0.05, 0) is 42.5 Å². The normalized spacial score (nSPS) is 11.5. The first-order chi connectivity index (χ1) is 15.6. The maximum atomic E-state index is 14.4. The molecule has 1 N–H and O–H groups in total. The smallest absolute Gasteiger partial charge is 0.324 e. The molecule has 4 aromatic rings. The van der Waals surface area contributed by atoms with Crippen molar-refractivity contribution in [1.29, 1.82) is 0 Å². The second-order valence-electron chi connectivity index (χ2n) is 7.06. The van der Waals surface area contributed by atoms with Crippen molar-refractivity contribution in [2.45, 2.75) is 12.7 Å². The SMILES string of the molecule is O=C(Cn1c(=O)nc(-c2ccccc2F)c2cc(Cl)ccc21)Nc1ccccc1C(F)(F)F. The van der Waals surface area contributed by atoms with E-state index in [1.54, 1.807) is 6.07 Å². The van der Waals surface area contributed by atoms with Crippen LogP contribution in [0.15, 0.2) is 71.5 Å². The van der Waals surface area contributed by atoms with Gasteiger partial charge in [0.1, 0.15) is 12.4 Å². The highest BCUT2D eigenvalue weighted by Crippen LogP contribution is 2.34. The Labute approximate surface area is 189 Å². The number of hydrogen-bond acceptors (Lipinski definition) is 3. The summed E-state index contributed by atoms with van der Waals surface area (Å²) in [7, 11) is 0. The highest BCUT2D eigenvalue weighted by atomic mass is 35.5. The Morgan fingerprint density at radius 3 is 2.45 bits per heavy atom. The second-order valence-corrected chi connectivity index (χ2v) is 7.50. The molecule has 1 heterocycles. The first-order valence-electron chi connectivity index (χ1n) is 9.56. The summed E-state index contributed by atoms with van der Waals surface area (Å²) in [4.78, 5) is 29.3. The van der Waals surface area contributed by atoms with Gasteiger partial charge in [-0.3, -0.25) is 9.36 Å². The van der Waals surface area contributed by atoms with Gasteiger partial charge >= 0.3 is 11.9 Å². The monoisotopic (exact) mass is 475 g/mol. The number of carbonyl (C=O) groups excluding carboxylic acids is 1. The van der Waals surface area contributed by atoms with Crippen LogP contribution in [0, 0.1) is 5.82 Å². The Morgan fingerprint density at radius 1 is 1.03 bits per heavy atom. The van der Waals surface area contributed by atoms with Crippen LogP contribution in [0.3, 0.4) is 0 Å². The van der Waals surface area contributed by atoms with Gasteiger partial charge in [0.25, 0.3) is 0 Å². The summed E-state index contributed by atoms with van der Waals surface area (Å²) in [5.41, 5.74) is -2.01. The Morgan fingerprint density at radius 2 is 1.73 bits per heavy atom. The fraction of sp³-hybridized carbons (Fsp3) is 0.0870. The number of aromatic nitrogens is 2. The molecule has 1 amide bonds. The van der Waals surface area contributed by atoms with Crippen LogP contribution in [0.5, 0.6) is 0 Å². The van der Waals surface area contributed by atoms with Gasteiger partial charge in [0, 0.05) is 16.0 Å². The largest absolute Gasteiger partial charge is 0.418 e. The van der Waals surface area contributed by atoms with Gasteiger partial charge in [-0.25, -0.2) is 9.18 Å². The summed E-state index contributed by atoms with van der Waals surface area (Å²) in [6, 6.07) is 14.6. The maximum absolute atomic E-state index is 14.4. The molecule has 0 bridgehead atoms. The molecule has 168 valence electrons. The second kappa shape index (κ2) is 8.67. The Bertz CT molecular complexity index is 1430. The maximum Gasteiger partial charge on any atom is 0.418 e. The van der Waals surface area contributed by atoms with E-state index in [1.165, 1.54) is 48.5 Å². The molecule has 0 unspecified atom stereocenters. The van der Waals surface area contributed by atoms with Crippen molar-refractivity contribution >= 4 is 34.1 Å². The summed E-state index contributed by atoms with van der Waals surface area (Å²) in [6.45, 7) is -0.617. The van der Waals surface area contributed by atoms with Gasteiger partial charge in [-0.1, -0.05) is 35.9 Å². The minimum absolute atomic E-state index is 0.0367. The van der Waals surface area contributed by atoms with E-state index in [4.69, 9.17) is 11.6 Å². The summed E-state index contributed by atoms with van der Waals surface area (Å²) in [5.74, 6) is -1.48. The topological polar surface area (TPSA) is 64.0 Å². The predicted octanol–water partition coefficient (Wildman–Crippen LogP) is 5.51. The summed E-state index contributed by atoms with van der Waals surface area (Å²) >= 11 is 6.09. The first-order valence-corrected chi connectivity index (χ1v) is 9.94. The van der Waals surface area contributed by atoms with Crippen LogP contribution >= 0.6 is 11.6 Å². The zero-order valence-electron chi connectivity index (χ0n) is 16.7. The lowest BCUT2D eigenvalue weighted by Crippen LogP contribution is -2.30. The van der Waals surface area contributed by atoms with Gasteiger partial charge in [0.05, 0.1) is 22.5 Å². The van der Waals surface area contributed by atoms with Crippen molar-refractivity contribution in [1.82, 2.24) is 9.55 Å². The highest BCUT2D eigenvalue weighted by molar-refractivity contribution is 6.31. The fourth-order valence-corrected chi connectivity index (χ4v) is 3.61. The molecule has 0 aliphatic rings. The van der Waals surface area contributed by atoms with E-state index in [2.05, 4.69) is 10.3 Å². The van der Waals surface area contributed by atoms with Crippen LogP contribution in [-0.2, 0) is 17.5 Å². The van der Waals surface area contributed by atoms with Crippen molar-refractivity contribution in [2.24, 2.45) is 0 Å². The number of para-hydroxylation sites is 1. The quantitative estimate of drug-likeness (QED) is 0.396. The predicted molar refractivity (Wildman–Crippen MR) is 116 cm³/mol. The number of rotatable bonds is 4. The lowest BCUT2D eigenvalue weighted by atomic mass is 10.1. The van der Waals surface area contributed by atoms with E-state index < -0.39 is 41.4 Å². The van der Waals surface area contributed by atoms with Gasteiger partial charge in [0.15, 0.2) is 0 Å². The van der Waals surface area contributed by atoms with Gasteiger partial charge in [-0.2, -0.15) is 18.2 Å². The molecule has 5 nitrogen and oxygen atoms in total. The molecule has 0 saturated heterocycles. The molecule has 33 heavy (non-hydrogen) atoms. The van der Waals surface area contributed by atoms with Crippen molar-refractivity contribution in [3.63, 3.8) is 0 Å². The van der Waals surface area contributed by atoms with Crippen molar-refractivity contribution in [2.75, 3.05) is 5.32 Å². The van der Waals surface area contributed by atoms with Crippen LogP contribution in [-0.4, -0.2) is 15.5 Å². The van der Waals surface area contributed by atoms with E-state index in [-0.39, 0.29) is 21.8 Å². The third kappa shape index (κ3) is 4.58. The summed E-state index contributed by atoms with van der Waals surface area (Å²) in [6.07, 6.45) is -4.67. The zero-order valence-corrected chi connectivity index (χ0v) is 17.4. The number of halogens is 5. The van der Waals surface area contributed by atoms with E-state index in [1.807, 2.05) is 0 Å². The number of hydrogen-bond donors (Lipinski definition) is 1. The van der Waals surface area contributed by atoms with Gasteiger partial charge < -0.3 is 5.32 Å². The van der Waals surface area contributed by atoms with Gasteiger partial charge in [-0.15, -0.1) is 0 Å². The molecule has 0 radical (unpaired) electrons. The Kier molecular flexibility index (Phi) is 5.90. The van der Waals surface area contributed by atoms with Crippen molar-refractivity contribution < 1.29 is 22.4 Å². The van der Waals surface area contributed by atoms with Crippen LogP contribution in [0.25, 0.3) is 22.2 Å². The molecular weight excluding hydrogens is 462 g/mol. The average Bonchev–Trinajstić information content (AvgIpc) is 2.75. The zero-order chi connectivity index (χ0) is 23.8. The van der Waals surface area contributed by atoms with E-state index in [0.29, 0.717) is 5.39 Å². The van der Waals surface area contributed by atoms with Gasteiger partial charge in [0.2, 0.25) is 5.91 Å². The third-order valence-corrected chi connectivity index (χ3v) is 5.12. The highest BCUT2D eigenvalue weighted by Gasteiger charge is 2.33. The molecule has 10 heteroatoms. The number of fused-ring (bicyclic) bond motifs is 1. The van der Waals surface area contributed by atoms with E-state index in [9.17, 15) is 27.2 Å². The summed E-state index contributed by atoms with van der Waals surface area (Å²) < 4.78 is 55.0. The molecule has 0 fully saturated rings. The van der Waals surface area contributed by atoms with E-state index in [0.717, 1.165) is 16.7 Å². The standard InChI is InChI=1S/C23H14ClF4N3O2/c24-13-9-10-19-15(11-13)21(14-5-1-3-7-17(14)25)30-22(33)31(19)12-20(32)29-18-8-4-2-6-16(18)23(26,27)28/h1-11H,12H2,(H,29,32). The van der Waals surface area contributed by atoms with Crippen LogP contribution in [0.1, 0.15) is 5.56 Å². The Hall–Kier alpha value is -3.72. The summed E-state index contributed by atoms with van der Waals surface area (Å²) in [5, 5.41) is 2.78. The number of nitrogens with zero attached hydrogens (tertiary/aromatic N) is 2. The molecule has 0 spiro atoms. The number of benzene rings is 3. The average molecular weight is 476 g/mol. The molecule has 0 aliphatic carbocycles. The number of amides is 1. The Balaban J connectivity index is 1.77. The van der Waals surface area contributed by atoms with Crippen LogP contribution in [0.2, 0.25) is 5.02 Å². The minimum atomic E-state index is -4.67. The number of anilines is 1. The molecule has 1 aromatic heterocycles. The fourth-order valence-electron chi connectivity index (χ4n) is 3.44. The van der Waals surface area contributed by atoms with Crippen molar-refractivity contribution in [3.05, 3.63) is 93.6 Å². The lowest BCUT2D eigenvalue weighted by molar-refractivity contribution is -0.137. The molecule has 0 saturated carbocycles. The van der Waals surface area contributed by atoms with Crippen LogP contribution in [0.4, 0.5) is 23.2 Å². The first kappa shape index (κ1) is 22.5. The molecule has 0 atom stereocenters. The van der Waals surface area contributed by atoms with E-state index >= 15 is 0 Å². The number of nitrogens with one attached hydrogen (secondary N) is 1. The number of alkyl halides is 3. The van der Waals surface area contributed by atoms with Crippen molar-refractivity contribution in [3.8, 4) is 11.3 Å². The lowest BCUT2D eigenvalue weighted by Gasteiger charge is -2.15.